The molecule has 0 aliphatic carbocycles. The van der Waals surface area contributed by atoms with E-state index in [0.717, 1.165) is 12.8 Å². The van der Waals surface area contributed by atoms with Crippen LogP contribution in [0.2, 0.25) is 0 Å². The zero-order chi connectivity index (χ0) is 17.8. The van der Waals surface area contributed by atoms with Crippen LogP contribution in [-0.2, 0) is 26.1 Å². The highest BCUT2D eigenvalue weighted by atomic mass is 16.2. The van der Waals surface area contributed by atoms with Crippen molar-refractivity contribution in [2.24, 2.45) is 5.73 Å². The minimum Gasteiger partial charge on any atom is -0.331 e. The van der Waals surface area contributed by atoms with Gasteiger partial charge in [-0.05, 0) is 24.0 Å². The van der Waals surface area contributed by atoms with Crippen molar-refractivity contribution in [1.29, 1.82) is 0 Å². The van der Waals surface area contributed by atoms with Crippen LogP contribution in [0.25, 0.3) is 0 Å². The largest absolute Gasteiger partial charge is 0.331 e. The molecule has 2 heterocycles. The zero-order valence-electron chi connectivity index (χ0n) is 14.3. The molecule has 1 aliphatic heterocycles. The molecule has 132 valence electrons. The topological polar surface area (TPSA) is 104 Å². The van der Waals surface area contributed by atoms with Crippen LogP contribution in [0.5, 0.6) is 0 Å². The Balaban J connectivity index is 1.70. The first kappa shape index (κ1) is 17.2. The molecule has 7 heteroatoms. The molecule has 25 heavy (non-hydrogen) atoms. The first-order valence-corrected chi connectivity index (χ1v) is 8.51. The summed E-state index contributed by atoms with van der Waals surface area (Å²) in [5.41, 5.74) is 8.26. The molecule has 0 bridgehead atoms. The number of rotatable bonds is 4. The van der Waals surface area contributed by atoms with E-state index in [4.69, 9.17) is 5.73 Å². The fourth-order valence-corrected chi connectivity index (χ4v) is 3.20. The maximum Gasteiger partial charge on any atom is 0.318 e. The molecule has 1 unspecified atom stereocenters. The number of hydrogen-bond donors (Lipinski definition) is 3. The third-order valence-electron chi connectivity index (χ3n) is 4.55. The fraction of sp³-hybridized carbons (Fsp3) is 0.389. The highest BCUT2D eigenvalue weighted by molar-refractivity contribution is 5.75. The van der Waals surface area contributed by atoms with Crippen molar-refractivity contribution in [2.45, 2.75) is 45.4 Å². The lowest BCUT2D eigenvalue weighted by Gasteiger charge is -2.36. The smallest absolute Gasteiger partial charge is 0.318 e. The van der Waals surface area contributed by atoms with E-state index in [1.54, 1.807) is 0 Å². The Kier molecular flexibility index (Phi) is 5.14. The first-order chi connectivity index (χ1) is 12.1. The number of carbonyl (C=O) groups excluding carboxylic acids is 1. The van der Waals surface area contributed by atoms with Crippen LogP contribution in [0.1, 0.15) is 36.0 Å². The van der Waals surface area contributed by atoms with Gasteiger partial charge in [-0.15, -0.1) is 0 Å². The van der Waals surface area contributed by atoms with Gasteiger partial charge >= 0.3 is 6.03 Å². The second-order valence-corrected chi connectivity index (χ2v) is 6.21. The number of H-pyrrole nitrogens is 1. The molecule has 4 N–H and O–H groups in total. The third kappa shape index (κ3) is 3.88. The van der Waals surface area contributed by atoms with E-state index in [2.05, 4.69) is 34.3 Å². The van der Waals surface area contributed by atoms with Gasteiger partial charge in [0.15, 0.2) is 0 Å². The third-order valence-corrected chi connectivity index (χ3v) is 4.55. The number of amides is 2. The van der Waals surface area contributed by atoms with E-state index in [-0.39, 0.29) is 30.7 Å². The van der Waals surface area contributed by atoms with Gasteiger partial charge in [-0.2, -0.15) is 0 Å². The average Bonchev–Trinajstić information content (AvgIpc) is 2.64. The Morgan fingerprint density at radius 3 is 2.88 bits per heavy atom. The van der Waals surface area contributed by atoms with Gasteiger partial charge in [0.05, 0.1) is 12.2 Å². The summed E-state index contributed by atoms with van der Waals surface area (Å²) in [6, 6.07) is 9.59. The van der Waals surface area contributed by atoms with Crippen molar-refractivity contribution in [3.8, 4) is 0 Å². The van der Waals surface area contributed by atoms with Crippen molar-refractivity contribution >= 4 is 6.03 Å². The Hall–Kier alpha value is -2.67. The van der Waals surface area contributed by atoms with Crippen LogP contribution in [0.4, 0.5) is 4.79 Å². The molecular formula is C18H23N5O2. The summed E-state index contributed by atoms with van der Waals surface area (Å²) in [5, 5.41) is 2.86. The highest BCUT2D eigenvalue weighted by Gasteiger charge is 2.28. The molecule has 0 spiro atoms. The number of aromatic nitrogens is 2. The van der Waals surface area contributed by atoms with Crippen LogP contribution in [0.3, 0.4) is 0 Å². The van der Waals surface area contributed by atoms with E-state index >= 15 is 0 Å². The molecule has 0 fully saturated rings. The van der Waals surface area contributed by atoms with E-state index in [0.29, 0.717) is 18.1 Å². The Morgan fingerprint density at radius 1 is 1.40 bits per heavy atom. The van der Waals surface area contributed by atoms with Crippen LogP contribution in [0, 0.1) is 0 Å². The summed E-state index contributed by atoms with van der Waals surface area (Å²) < 4.78 is 0. The lowest BCUT2D eigenvalue weighted by molar-refractivity contribution is 0.160. The molecular weight excluding hydrogens is 318 g/mol. The maximum atomic E-state index is 12.7. The summed E-state index contributed by atoms with van der Waals surface area (Å²) in [7, 11) is 0. The SMILES string of the molecule is CCC1Cc2ccccc2CN1C(=O)NCc1nc(CN)cc(=O)[nH]1. The number of fused-ring (bicyclic) bond motifs is 1. The standard InChI is InChI=1S/C18H23N5O2/c1-2-15-7-12-5-3-4-6-13(12)11-23(15)18(25)20-10-16-21-14(9-19)8-17(24)22-16/h3-6,8,15H,2,7,9-11,19H2,1H3,(H,20,25)(H,21,22,24). The summed E-state index contributed by atoms with van der Waals surface area (Å²) in [6.07, 6.45) is 1.75. The monoisotopic (exact) mass is 341 g/mol. The quantitative estimate of drug-likeness (QED) is 0.779. The second kappa shape index (κ2) is 7.48. The number of urea groups is 1. The predicted octanol–water partition coefficient (Wildman–Crippen LogP) is 1.28. The number of aromatic amines is 1. The number of nitrogens with two attached hydrogens (primary N) is 1. The highest BCUT2D eigenvalue weighted by Crippen LogP contribution is 2.24. The first-order valence-electron chi connectivity index (χ1n) is 8.51. The van der Waals surface area contributed by atoms with Crippen LogP contribution in [0.15, 0.2) is 35.1 Å². The van der Waals surface area contributed by atoms with Crippen LogP contribution < -0.4 is 16.6 Å². The summed E-state index contributed by atoms with van der Waals surface area (Å²) >= 11 is 0. The lowest BCUT2D eigenvalue weighted by atomic mass is 9.93. The van der Waals surface area contributed by atoms with E-state index in [9.17, 15) is 9.59 Å². The molecule has 0 saturated heterocycles. The zero-order valence-corrected chi connectivity index (χ0v) is 14.3. The number of carbonyl (C=O) groups is 1. The van der Waals surface area contributed by atoms with Crippen LogP contribution >= 0.6 is 0 Å². The Morgan fingerprint density at radius 2 is 2.16 bits per heavy atom. The van der Waals surface area contributed by atoms with Gasteiger partial charge in [-0.1, -0.05) is 31.2 Å². The van der Waals surface area contributed by atoms with Crippen molar-refractivity contribution in [1.82, 2.24) is 20.2 Å². The van der Waals surface area contributed by atoms with Gasteiger partial charge in [0.1, 0.15) is 5.82 Å². The minimum atomic E-state index is -0.266. The van der Waals surface area contributed by atoms with Gasteiger partial charge in [-0.25, -0.2) is 9.78 Å². The van der Waals surface area contributed by atoms with Crippen molar-refractivity contribution < 1.29 is 4.79 Å². The maximum absolute atomic E-state index is 12.7. The van der Waals surface area contributed by atoms with Gasteiger partial charge in [0.2, 0.25) is 0 Å². The van der Waals surface area contributed by atoms with Crippen molar-refractivity contribution in [2.75, 3.05) is 0 Å². The van der Waals surface area contributed by atoms with E-state index in [1.807, 2.05) is 17.0 Å². The molecule has 0 radical (unpaired) electrons. The predicted molar refractivity (Wildman–Crippen MR) is 94.8 cm³/mol. The number of nitrogens with zero attached hydrogens (tertiary/aromatic N) is 2. The average molecular weight is 341 g/mol. The summed E-state index contributed by atoms with van der Waals surface area (Å²) in [5.74, 6) is 0.409. The Labute approximate surface area is 146 Å². The molecule has 1 aromatic carbocycles. The number of nitrogens with one attached hydrogen (secondary N) is 2. The van der Waals surface area contributed by atoms with Gasteiger partial charge in [0.25, 0.3) is 5.56 Å². The molecule has 1 aromatic heterocycles. The van der Waals surface area contributed by atoms with E-state index in [1.165, 1.54) is 17.2 Å². The molecule has 0 saturated carbocycles. The molecule has 2 amide bonds. The molecule has 1 atom stereocenters. The van der Waals surface area contributed by atoms with Crippen molar-refractivity contribution in [3.05, 3.63) is 63.3 Å². The fourth-order valence-electron chi connectivity index (χ4n) is 3.20. The molecule has 7 nitrogen and oxygen atoms in total. The molecule has 3 rings (SSSR count). The minimum absolute atomic E-state index is 0.151. The van der Waals surface area contributed by atoms with Crippen LogP contribution in [-0.4, -0.2) is 26.9 Å². The summed E-state index contributed by atoms with van der Waals surface area (Å²) in [4.78, 5) is 32.9. The van der Waals surface area contributed by atoms with E-state index < -0.39 is 0 Å². The lowest BCUT2D eigenvalue weighted by Crippen LogP contribution is -2.48. The van der Waals surface area contributed by atoms with Gasteiger partial charge < -0.3 is 20.9 Å². The normalized spacial score (nSPS) is 16.4. The second-order valence-electron chi connectivity index (χ2n) is 6.21. The van der Waals surface area contributed by atoms with Crippen molar-refractivity contribution in [3.63, 3.8) is 0 Å². The van der Waals surface area contributed by atoms with Gasteiger partial charge in [0, 0.05) is 25.2 Å². The molecule has 1 aliphatic rings. The number of hydrogen-bond acceptors (Lipinski definition) is 4. The summed E-state index contributed by atoms with van der Waals surface area (Å²) in [6.45, 7) is 3.03. The number of benzene rings is 1. The van der Waals surface area contributed by atoms with Gasteiger partial charge in [-0.3, -0.25) is 4.79 Å². The Bertz CT molecular complexity index is 817. The molecule has 2 aromatic rings.